The maximum atomic E-state index is 12.2. The average molecular weight is 361 g/mol. The Labute approximate surface area is 141 Å². The molecule has 1 amide bonds. The summed E-state index contributed by atoms with van der Waals surface area (Å²) in [5, 5.41) is 3.32. The lowest BCUT2D eigenvalue weighted by atomic mass is 10.2. The number of carbonyl (C=O) groups is 1. The second-order valence-corrected chi connectivity index (χ2v) is 8.24. The largest absolute Gasteiger partial charge is 0.383 e. The minimum Gasteiger partial charge on any atom is -0.383 e. The van der Waals surface area contributed by atoms with Gasteiger partial charge in [-0.25, -0.2) is 8.42 Å². The van der Waals surface area contributed by atoms with Crippen molar-refractivity contribution in [1.29, 1.82) is 0 Å². The molecular weight excluding hydrogens is 340 g/mol. The Morgan fingerprint density at radius 1 is 1.48 bits per heavy atom. The van der Waals surface area contributed by atoms with Crippen LogP contribution in [0.5, 0.6) is 0 Å². The van der Waals surface area contributed by atoms with Crippen molar-refractivity contribution in [1.82, 2.24) is 4.90 Å². The normalized spacial score (nSPS) is 19.9. The first-order chi connectivity index (χ1) is 10.9. The van der Waals surface area contributed by atoms with Gasteiger partial charge in [0.15, 0.2) is 9.84 Å². The standard InChI is InChI=1S/C15H21ClN2O4S/c1-22-7-6-18(14-5-8-23(20,21)11-14)10-15(19)17-13-4-2-3-12(16)9-13/h2-4,9,14H,5-8,10-11H2,1H3,(H,17,19)/t14-/m1/s1. The minimum atomic E-state index is -3.00. The topological polar surface area (TPSA) is 75.7 Å². The zero-order chi connectivity index (χ0) is 16.9. The van der Waals surface area contributed by atoms with E-state index >= 15 is 0 Å². The fraction of sp³-hybridized carbons (Fsp3) is 0.533. The molecule has 1 saturated heterocycles. The van der Waals surface area contributed by atoms with Crippen LogP contribution in [-0.4, -0.2) is 63.6 Å². The Kier molecular flexibility index (Phi) is 6.41. The first-order valence-corrected chi connectivity index (χ1v) is 9.58. The smallest absolute Gasteiger partial charge is 0.238 e. The molecule has 8 heteroatoms. The molecule has 0 radical (unpaired) electrons. The van der Waals surface area contributed by atoms with Gasteiger partial charge in [0.1, 0.15) is 0 Å². The van der Waals surface area contributed by atoms with Gasteiger partial charge in [-0.15, -0.1) is 0 Å². The SMILES string of the molecule is COCCN(CC(=O)Nc1cccc(Cl)c1)[C@@H]1CCS(=O)(=O)C1. The number of hydrogen-bond acceptors (Lipinski definition) is 5. The highest BCUT2D eigenvalue weighted by molar-refractivity contribution is 7.91. The monoisotopic (exact) mass is 360 g/mol. The van der Waals surface area contributed by atoms with E-state index in [1.165, 1.54) is 0 Å². The van der Waals surface area contributed by atoms with Gasteiger partial charge >= 0.3 is 0 Å². The molecule has 128 valence electrons. The lowest BCUT2D eigenvalue weighted by molar-refractivity contribution is -0.117. The number of anilines is 1. The number of nitrogens with one attached hydrogen (secondary N) is 1. The Balaban J connectivity index is 1.98. The van der Waals surface area contributed by atoms with Crippen molar-refractivity contribution in [3.8, 4) is 0 Å². The van der Waals surface area contributed by atoms with E-state index in [2.05, 4.69) is 5.32 Å². The molecule has 0 spiro atoms. The molecule has 2 rings (SSSR count). The van der Waals surface area contributed by atoms with Gasteiger partial charge in [-0.3, -0.25) is 9.69 Å². The Hall–Kier alpha value is -1.15. The quantitative estimate of drug-likeness (QED) is 0.795. The van der Waals surface area contributed by atoms with Gasteiger partial charge in [0, 0.05) is 30.4 Å². The van der Waals surface area contributed by atoms with Gasteiger partial charge in [-0.2, -0.15) is 0 Å². The van der Waals surface area contributed by atoms with E-state index in [9.17, 15) is 13.2 Å². The van der Waals surface area contributed by atoms with Crippen molar-refractivity contribution in [2.24, 2.45) is 0 Å². The summed E-state index contributed by atoms with van der Waals surface area (Å²) in [6.07, 6.45) is 0.552. The minimum absolute atomic E-state index is 0.0984. The summed E-state index contributed by atoms with van der Waals surface area (Å²) < 4.78 is 28.4. The summed E-state index contributed by atoms with van der Waals surface area (Å²) in [6, 6.07) is 6.76. The molecule has 0 unspecified atom stereocenters. The molecule has 0 bridgehead atoms. The van der Waals surface area contributed by atoms with Crippen LogP contribution in [0.3, 0.4) is 0 Å². The zero-order valence-corrected chi connectivity index (χ0v) is 14.6. The molecule has 1 aliphatic heterocycles. The second kappa shape index (κ2) is 8.10. The van der Waals surface area contributed by atoms with Gasteiger partial charge < -0.3 is 10.1 Å². The van der Waals surface area contributed by atoms with Crippen LogP contribution >= 0.6 is 11.6 Å². The van der Waals surface area contributed by atoms with Crippen LogP contribution < -0.4 is 5.32 Å². The van der Waals surface area contributed by atoms with Crippen molar-refractivity contribution in [3.05, 3.63) is 29.3 Å². The predicted octanol–water partition coefficient (Wildman–Crippen LogP) is 1.41. The number of methoxy groups -OCH3 is 1. The molecule has 1 heterocycles. The average Bonchev–Trinajstić information content (AvgIpc) is 2.83. The molecule has 0 aromatic heterocycles. The highest BCUT2D eigenvalue weighted by Gasteiger charge is 2.32. The van der Waals surface area contributed by atoms with Gasteiger partial charge in [0.2, 0.25) is 5.91 Å². The van der Waals surface area contributed by atoms with Gasteiger partial charge in [0.25, 0.3) is 0 Å². The number of sulfone groups is 1. The molecule has 1 aliphatic rings. The third-order valence-corrected chi connectivity index (χ3v) is 5.75. The van der Waals surface area contributed by atoms with Crippen LogP contribution in [0, 0.1) is 0 Å². The number of amides is 1. The van der Waals surface area contributed by atoms with Gasteiger partial charge in [-0.1, -0.05) is 17.7 Å². The van der Waals surface area contributed by atoms with E-state index in [-0.39, 0.29) is 30.0 Å². The van der Waals surface area contributed by atoms with Crippen LogP contribution in [-0.2, 0) is 19.4 Å². The maximum absolute atomic E-state index is 12.2. The summed E-state index contributed by atoms with van der Waals surface area (Å²) in [7, 11) is -1.42. The number of nitrogens with zero attached hydrogens (tertiary/aromatic N) is 1. The highest BCUT2D eigenvalue weighted by atomic mass is 35.5. The summed E-state index contributed by atoms with van der Waals surface area (Å²) in [4.78, 5) is 14.1. The summed E-state index contributed by atoms with van der Waals surface area (Å²) in [6.45, 7) is 1.08. The number of rotatable bonds is 7. The predicted molar refractivity (Wildman–Crippen MR) is 90.6 cm³/mol. The third-order valence-electron chi connectivity index (χ3n) is 3.76. The van der Waals surface area contributed by atoms with Crippen molar-refractivity contribution >= 4 is 33.0 Å². The summed E-state index contributed by atoms with van der Waals surface area (Å²) >= 11 is 5.89. The van der Waals surface area contributed by atoms with Crippen LogP contribution in [0.15, 0.2) is 24.3 Å². The second-order valence-electron chi connectivity index (χ2n) is 5.58. The van der Waals surface area contributed by atoms with Crippen LogP contribution in [0.25, 0.3) is 0 Å². The third kappa shape index (κ3) is 5.76. The highest BCUT2D eigenvalue weighted by Crippen LogP contribution is 2.18. The fourth-order valence-corrected chi connectivity index (χ4v) is 4.57. The number of halogens is 1. The molecule has 1 aromatic rings. The van der Waals surface area contributed by atoms with Crippen molar-refractivity contribution in [3.63, 3.8) is 0 Å². The van der Waals surface area contributed by atoms with E-state index in [0.29, 0.717) is 30.3 Å². The van der Waals surface area contributed by atoms with Crippen LogP contribution in [0.1, 0.15) is 6.42 Å². The Morgan fingerprint density at radius 3 is 2.87 bits per heavy atom. The molecule has 0 aliphatic carbocycles. The fourth-order valence-electron chi connectivity index (χ4n) is 2.61. The first kappa shape index (κ1) is 18.2. The molecule has 1 N–H and O–H groups in total. The van der Waals surface area contributed by atoms with Gasteiger partial charge in [0.05, 0.1) is 24.7 Å². The first-order valence-electron chi connectivity index (χ1n) is 7.38. The summed E-state index contributed by atoms with van der Waals surface area (Å²) in [5.74, 6) is 0.0748. The molecule has 23 heavy (non-hydrogen) atoms. The van der Waals surface area contributed by atoms with Crippen LogP contribution in [0.4, 0.5) is 5.69 Å². The molecule has 1 fully saturated rings. The lowest BCUT2D eigenvalue weighted by Gasteiger charge is -2.27. The molecule has 0 saturated carbocycles. The molecule has 1 atom stereocenters. The lowest BCUT2D eigenvalue weighted by Crippen LogP contribution is -2.43. The van der Waals surface area contributed by atoms with Gasteiger partial charge in [-0.05, 0) is 24.6 Å². The number of carbonyl (C=O) groups excluding carboxylic acids is 1. The van der Waals surface area contributed by atoms with E-state index in [1.54, 1.807) is 31.4 Å². The van der Waals surface area contributed by atoms with Crippen molar-refractivity contribution in [2.75, 3.05) is 43.6 Å². The van der Waals surface area contributed by atoms with Crippen LogP contribution in [0.2, 0.25) is 5.02 Å². The number of ether oxygens (including phenoxy) is 1. The number of hydrogen-bond donors (Lipinski definition) is 1. The molecule has 1 aromatic carbocycles. The molecular formula is C15H21ClN2O4S. The molecule has 6 nitrogen and oxygen atoms in total. The zero-order valence-electron chi connectivity index (χ0n) is 13.0. The Morgan fingerprint density at radius 2 is 2.26 bits per heavy atom. The maximum Gasteiger partial charge on any atom is 0.238 e. The van der Waals surface area contributed by atoms with E-state index in [1.807, 2.05) is 4.90 Å². The van der Waals surface area contributed by atoms with Crippen molar-refractivity contribution in [2.45, 2.75) is 12.5 Å². The van der Waals surface area contributed by atoms with Crippen molar-refractivity contribution < 1.29 is 17.9 Å². The van der Waals surface area contributed by atoms with E-state index in [4.69, 9.17) is 16.3 Å². The van der Waals surface area contributed by atoms with E-state index < -0.39 is 9.84 Å². The van der Waals surface area contributed by atoms with E-state index in [0.717, 1.165) is 0 Å². The summed E-state index contributed by atoms with van der Waals surface area (Å²) in [5.41, 5.74) is 0.619. The Bertz CT molecular complexity index is 651. The number of benzene rings is 1.